The van der Waals surface area contributed by atoms with Gasteiger partial charge in [-0.15, -0.1) is 0 Å². The van der Waals surface area contributed by atoms with Gasteiger partial charge in [0.05, 0.1) is 6.61 Å². The Labute approximate surface area is 102 Å². The number of sulfonamides is 1. The number of nitrogens with zero attached hydrogens (tertiary/aromatic N) is 1. The van der Waals surface area contributed by atoms with Crippen molar-refractivity contribution in [3.8, 4) is 0 Å². The first-order chi connectivity index (χ1) is 7.95. The van der Waals surface area contributed by atoms with Gasteiger partial charge < -0.3 is 5.11 Å². The zero-order valence-corrected chi connectivity index (χ0v) is 10.8. The van der Waals surface area contributed by atoms with Gasteiger partial charge in [-0.3, -0.25) is 4.98 Å². The van der Waals surface area contributed by atoms with Gasteiger partial charge in [0, 0.05) is 18.4 Å². The average molecular weight is 258 g/mol. The molecule has 0 aliphatic carbocycles. The van der Waals surface area contributed by atoms with Crippen LogP contribution in [0.3, 0.4) is 0 Å². The van der Waals surface area contributed by atoms with E-state index in [-0.39, 0.29) is 11.5 Å². The number of aliphatic hydroxyl groups excluding tert-OH is 1. The van der Waals surface area contributed by atoms with E-state index >= 15 is 0 Å². The van der Waals surface area contributed by atoms with E-state index in [9.17, 15) is 8.42 Å². The molecule has 1 aromatic heterocycles. The SMILES string of the molecule is CC(C)CC(CO)NS(=O)(=O)c1cccnc1. The van der Waals surface area contributed by atoms with Crippen LogP contribution < -0.4 is 4.72 Å². The van der Waals surface area contributed by atoms with E-state index in [0.29, 0.717) is 12.3 Å². The Kier molecular flexibility index (Phi) is 5.04. The predicted molar refractivity (Wildman–Crippen MR) is 64.9 cm³/mol. The van der Waals surface area contributed by atoms with Crippen molar-refractivity contribution in [2.75, 3.05) is 6.61 Å². The van der Waals surface area contributed by atoms with Crippen LogP contribution in [-0.4, -0.2) is 31.2 Å². The molecule has 6 heteroatoms. The lowest BCUT2D eigenvalue weighted by Gasteiger charge is -2.18. The number of hydrogen-bond acceptors (Lipinski definition) is 4. The maximum Gasteiger partial charge on any atom is 0.242 e. The maximum absolute atomic E-state index is 11.9. The van der Waals surface area contributed by atoms with Crippen LogP contribution in [0.2, 0.25) is 0 Å². The number of nitrogens with one attached hydrogen (secondary N) is 1. The first-order valence-electron chi connectivity index (χ1n) is 5.49. The fraction of sp³-hybridized carbons (Fsp3) is 0.545. The standard InChI is InChI=1S/C11H18N2O3S/c1-9(2)6-10(8-14)13-17(15,16)11-4-3-5-12-7-11/h3-5,7,9-10,13-14H,6,8H2,1-2H3. The summed E-state index contributed by atoms with van der Waals surface area (Å²) in [7, 11) is -3.59. The summed E-state index contributed by atoms with van der Waals surface area (Å²) in [4.78, 5) is 3.88. The minimum atomic E-state index is -3.59. The third-order valence-electron chi connectivity index (χ3n) is 2.24. The van der Waals surface area contributed by atoms with Crippen molar-refractivity contribution in [2.24, 2.45) is 5.92 Å². The number of rotatable bonds is 6. The van der Waals surface area contributed by atoms with Gasteiger partial charge in [0.25, 0.3) is 0 Å². The lowest BCUT2D eigenvalue weighted by molar-refractivity contribution is 0.240. The van der Waals surface area contributed by atoms with Gasteiger partial charge in [-0.25, -0.2) is 13.1 Å². The van der Waals surface area contributed by atoms with Crippen molar-refractivity contribution in [3.05, 3.63) is 24.5 Å². The summed E-state index contributed by atoms with van der Waals surface area (Å²) < 4.78 is 26.3. The highest BCUT2D eigenvalue weighted by Crippen LogP contribution is 2.10. The second-order valence-corrected chi connectivity index (χ2v) is 6.03. The van der Waals surface area contributed by atoms with E-state index in [1.165, 1.54) is 18.5 Å². The van der Waals surface area contributed by atoms with Gasteiger partial charge in [-0.2, -0.15) is 0 Å². The molecule has 1 rings (SSSR count). The van der Waals surface area contributed by atoms with Gasteiger partial charge in [0.15, 0.2) is 0 Å². The topological polar surface area (TPSA) is 79.3 Å². The fourth-order valence-corrected chi connectivity index (χ4v) is 2.73. The molecule has 96 valence electrons. The van der Waals surface area contributed by atoms with Crippen LogP contribution in [0.4, 0.5) is 0 Å². The molecule has 1 aromatic rings. The van der Waals surface area contributed by atoms with Gasteiger partial charge in [0.2, 0.25) is 10.0 Å². The van der Waals surface area contributed by atoms with Crippen LogP contribution in [0.15, 0.2) is 29.4 Å². The smallest absolute Gasteiger partial charge is 0.242 e. The van der Waals surface area contributed by atoms with Crippen LogP contribution in [0.25, 0.3) is 0 Å². The molecular weight excluding hydrogens is 240 g/mol. The zero-order valence-electron chi connectivity index (χ0n) is 10.00. The molecule has 0 aliphatic heterocycles. The summed E-state index contributed by atoms with van der Waals surface area (Å²) in [6, 6.07) is 2.57. The molecule has 0 aromatic carbocycles. The number of aromatic nitrogens is 1. The molecule has 0 spiro atoms. The van der Waals surface area contributed by atoms with Crippen LogP contribution in [-0.2, 0) is 10.0 Å². The Morgan fingerprint density at radius 2 is 2.18 bits per heavy atom. The van der Waals surface area contributed by atoms with E-state index in [1.54, 1.807) is 6.07 Å². The summed E-state index contributed by atoms with van der Waals surface area (Å²) in [6.45, 7) is 3.74. The third-order valence-corrected chi connectivity index (χ3v) is 3.75. The van der Waals surface area contributed by atoms with E-state index in [1.807, 2.05) is 13.8 Å². The molecule has 0 amide bonds. The molecule has 0 saturated carbocycles. The highest BCUT2D eigenvalue weighted by Gasteiger charge is 2.20. The molecule has 17 heavy (non-hydrogen) atoms. The molecular formula is C11H18N2O3S. The van der Waals surface area contributed by atoms with Crippen LogP contribution in [0, 0.1) is 5.92 Å². The molecule has 0 saturated heterocycles. The highest BCUT2D eigenvalue weighted by atomic mass is 32.2. The molecule has 1 unspecified atom stereocenters. The van der Waals surface area contributed by atoms with Crippen molar-refractivity contribution in [1.29, 1.82) is 0 Å². The van der Waals surface area contributed by atoms with Crippen molar-refractivity contribution in [2.45, 2.75) is 31.2 Å². The highest BCUT2D eigenvalue weighted by molar-refractivity contribution is 7.89. The maximum atomic E-state index is 11.9. The largest absolute Gasteiger partial charge is 0.395 e. The molecule has 0 radical (unpaired) electrons. The monoisotopic (exact) mass is 258 g/mol. The van der Waals surface area contributed by atoms with Gasteiger partial charge >= 0.3 is 0 Å². The minimum Gasteiger partial charge on any atom is -0.395 e. The summed E-state index contributed by atoms with van der Waals surface area (Å²) in [6.07, 6.45) is 3.39. The Balaban J connectivity index is 2.79. The van der Waals surface area contributed by atoms with E-state index < -0.39 is 16.1 Å². The van der Waals surface area contributed by atoms with Crippen LogP contribution >= 0.6 is 0 Å². The van der Waals surface area contributed by atoms with E-state index in [2.05, 4.69) is 9.71 Å². The lowest BCUT2D eigenvalue weighted by atomic mass is 10.1. The molecule has 0 bridgehead atoms. The quantitative estimate of drug-likeness (QED) is 0.790. The summed E-state index contributed by atoms with van der Waals surface area (Å²) in [5, 5.41) is 9.14. The van der Waals surface area contributed by atoms with Crippen molar-refractivity contribution in [1.82, 2.24) is 9.71 Å². The van der Waals surface area contributed by atoms with E-state index in [4.69, 9.17) is 5.11 Å². The number of pyridine rings is 1. The Hall–Kier alpha value is -0.980. The summed E-state index contributed by atoms with van der Waals surface area (Å²) in [5.74, 6) is 0.309. The Morgan fingerprint density at radius 1 is 1.47 bits per heavy atom. The molecule has 0 fully saturated rings. The number of hydrogen-bond donors (Lipinski definition) is 2. The second-order valence-electron chi connectivity index (χ2n) is 4.32. The minimum absolute atomic E-state index is 0.113. The zero-order chi connectivity index (χ0) is 12.9. The molecule has 1 atom stereocenters. The van der Waals surface area contributed by atoms with Crippen molar-refractivity contribution in [3.63, 3.8) is 0 Å². The molecule has 5 nitrogen and oxygen atoms in total. The molecule has 2 N–H and O–H groups in total. The Bertz CT molecular complexity index is 431. The second kappa shape index (κ2) is 6.09. The van der Waals surface area contributed by atoms with Gasteiger partial charge in [0.1, 0.15) is 4.90 Å². The van der Waals surface area contributed by atoms with Crippen LogP contribution in [0.1, 0.15) is 20.3 Å². The van der Waals surface area contributed by atoms with Gasteiger partial charge in [-0.1, -0.05) is 13.8 Å². The normalized spacial score (nSPS) is 13.9. The third kappa shape index (κ3) is 4.41. The average Bonchev–Trinajstić information content (AvgIpc) is 2.28. The molecule has 1 heterocycles. The van der Waals surface area contributed by atoms with Crippen molar-refractivity contribution >= 4 is 10.0 Å². The summed E-state index contributed by atoms with van der Waals surface area (Å²) >= 11 is 0. The van der Waals surface area contributed by atoms with Crippen LogP contribution in [0.5, 0.6) is 0 Å². The first-order valence-corrected chi connectivity index (χ1v) is 6.97. The number of aliphatic hydroxyl groups is 1. The lowest BCUT2D eigenvalue weighted by Crippen LogP contribution is -2.38. The van der Waals surface area contributed by atoms with E-state index in [0.717, 1.165) is 0 Å². The fourth-order valence-electron chi connectivity index (χ4n) is 1.52. The predicted octanol–water partition coefficient (Wildman–Crippen LogP) is 0.767. The van der Waals surface area contributed by atoms with Crippen molar-refractivity contribution < 1.29 is 13.5 Å². The molecule has 0 aliphatic rings. The van der Waals surface area contributed by atoms with Gasteiger partial charge in [-0.05, 0) is 24.5 Å². The summed E-state index contributed by atoms with van der Waals surface area (Å²) in [5.41, 5.74) is 0. The first kappa shape index (κ1) is 14.1. The Morgan fingerprint density at radius 3 is 2.65 bits per heavy atom.